The molecule has 1 N–H and O–H groups in total. The largest absolute Gasteiger partial charge is 0.482 e. The third-order valence-corrected chi connectivity index (χ3v) is 3.73. The van der Waals surface area contributed by atoms with E-state index in [0.717, 1.165) is 6.42 Å². The van der Waals surface area contributed by atoms with Crippen molar-refractivity contribution in [2.75, 3.05) is 11.9 Å². The first-order valence-corrected chi connectivity index (χ1v) is 6.24. The molecule has 0 radical (unpaired) electrons. The summed E-state index contributed by atoms with van der Waals surface area (Å²) in [5.41, 5.74) is 1.01. The van der Waals surface area contributed by atoms with Crippen molar-refractivity contribution in [3.8, 4) is 5.75 Å². The fourth-order valence-corrected chi connectivity index (χ4v) is 2.43. The summed E-state index contributed by atoms with van der Waals surface area (Å²) in [5, 5.41) is 3.03. The highest BCUT2D eigenvalue weighted by atomic mass is 35.5. The molecule has 1 heterocycles. The molecule has 0 spiro atoms. The van der Waals surface area contributed by atoms with Gasteiger partial charge in [0.15, 0.2) is 12.4 Å². The molecule has 0 bridgehead atoms. The maximum Gasteiger partial charge on any atom is 0.262 e. The van der Waals surface area contributed by atoms with Crippen LogP contribution in [0.15, 0.2) is 12.1 Å². The van der Waals surface area contributed by atoms with Gasteiger partial charge in [-0.1, -0.05) is 18.5 Å². The van der Waals surface area contributed by atoms with Gasteiger partial charge in [-0.3, -0.25) is 9.59 Å². The molecule has 5 heteroatoms. The van der Waals surface area contributed by atoms with Crippen LogP contribution in [-0.4, -0.2) is 18.3 Å². The Morgan fingerprint density at radius 1 is 1.50 bits per heavy atom. The molecule has 1 saturated carbocycles. The number of Topliss-reactive ketones (excluding diaryl/α,β-unsaturated/α-hetero) is 1. The van der Waals surface area contributed by atoms with Gasteiger partial charge < -0.3 is 10.1 Å². The fraction of sp³-hybridized carbons (Fsp3) is 0.385. The number of carbonyl (C=O) groups excluding carboxylic acids is 2. The predicted octanol–water partition coefficient (Wildman–Crippen LogP) is 2.51. The van der Waals surface area contributed by atoms with Gasteiger partial charge in [0, 0.05) is 11.5 Å². The van der Waals surface area contributed by atoms with Crippen LogP contribution < -0.4 is 10.1 Å². The highest BCUT2D eigenvalue weighted by Crippen LogP contribution is 2.43. The molecule has 18 heavy (non-hydrogen) atoms. The third kappa shape index (κ3) is 1.86. The lowest BCUT2D eigenvalue weighted by atomic mass is 10.0. The van der Waals surface area contributed by atoms with Gasteiger partial charge in [-0.05, 0) is 24.5 Å². The van der Waals surface area contributed by atoms with Crippen LogP contribution in [0.4, 0.5) is 5.69 Å². The minimum atomic E-state index is -0.214. The lowest BCUT2D eigenvalue weighted by molar-refractivity contribution is -0.118. The number of amides is 1. The zero-order valence-corrected chi connectivity index (χ0v) is 10.6. The van der Waals surface area contributed by atoms with Gasteiger partial charge in [-0.2, -0.15) is 0 Å². The van der Waals surface area contributed by atoms with E-state index in [-0.39, 0.29) is 24.2 Å². The van der Waals surface area contributed by atoms with Crippen molar-refractivity contribution >= 4 is 29.0 Å². The summed E-state index contributed by atoms with van der Waals surface area (Å²) >= 11 is 6.10. The molecule has 3 rings (SSSR count). The van der Waals surface area contributed by atoms with E-state index in [4.69, 9.17) is 16.3 Å². The number of ketones is 1. The van der Waals surface area contributed by atoms with Crippen LogP contribution in [0.2, 0.25) is 5.02 Å². The standard InChI is InChI=1S/C13H12ClNO3/c1-6-2-7(6)13(17)8-3-11-10(4-9(8)14)15-12(16)5-18-11/h3-4,6-7H,2,5H2,1H3,(H,15,16). The van der Waals surface area contributed by atoms with E-state index >= 15 is 0 Å². The summed E-state index contributed by atoms with van der Waals surface area (Å²) in [4.78, 5) is 23.3. The molecule has 1 aliphatic carbocycles. The molecular formula is C13H12ClNO3. The van der Waals surface area contributed by atoms with Gasteiger partial charge in [0.1, 0.15) is 5.75 Å². The molecule has 94 valence electrons. The lowest BCUT2D eigenvalue weighted by Crippen LogP contribution is -2.25. The Balaban J connectivity index is 1.96. The number of nitrogens with one attached hydrogen (secondary N) is 1. The van der Waals surface area contributed by atoms with Crippen molar-refractivity contribution in [3.05, 3.63) is 22.7 Å². The normalized spacial score (nSPS) is 24.9. The second-order valence-electron chi connectivity index (χ2n) is 4.85. The molecule has 1 fully saturated rings. The Hall–Kier alpha value is -1.55. The van der Waals surface area contributed by atoms with Crippen LogP contribution in [0, 0.1) is 11.8 Å². The number of rotatable bonds is 2. The Kier molecular flexibility index (Phi) is 2.55. The van der Waals surface area contributed by atoms with Crippen LogP contribution in [0.3, 0.4) is 0 Å². The van der Waals surface area contributed by atoms with E-state index in [2.05, 4.69) is 5.32 Å². The second kappa shape index (κ2) is 3.99. The number of anilines is 1. The van der Waals surface area contributed by atoms with E-state index in [0.29, 0.717) is 27.9 Å². The van der Waals surface area contributed by atoms with Crippen LogP contribution in [0.5, 0.6) is 5.75 Å². The number of halogens is 1. The van der Waals surface area contributed by atoms with E-state index in [1.54, 1.807) is 12.1 Å². The smallest absolute Gasteiger partial charge is 0.262 e. The summed E-state index contributed by atoms with van der Waals surface area (Å²) in [6.45, 7) is 2.02. The molecule has 0 saturated heterocycles. The molecular weight excluding hydrogens is 254 g/mol. The topological polar surface area (TPSA) is 55.4 Å². The molecule has 2 unspecified atom stereocenters. The first-order valence-electron chi connectivity index (χ1n) is 5.86. The average molecular weight is 266 g/mol. The number of carbonyl (C=O) groups is 2. The third-order valence-electron chi connectivity index (χ3n) is 3.41. The molecule has 4 nitrogen and oxygen atoms in total. The first kappa shape index (κ1) is 11.5. The molecule has 2 atom stereocenters. The van der Waals surface area contributed by atoms with Gasteiger partial charge in [0.05, 0.1) is 10.7 Å². The zero-order chi connectivity index (χ0) is 12.9. The Morgan fingerprint density at radius 3 is 2.89 bits per heavy atom. The van der Waals surface area contributed by atoms with Gasteiger partial charge in [0.25, 0.3) is 5.91 Å². The van der Waals surface area contributed by atoms with Crippen LogP contribution in [0.25, 0.3) is 0 Å². The summed E-state index contributed by atoms with van der Waals surface area (Å²) in [5.74, 6) is 0.879. The molecule has 0 aromatic heterocycles. The Labute approximate surface area is 109 Å². The van der Waals surface area contributed by atoms with Crippen LogP contribution >= 0.6 is 11.6 Å². The maximum absolute atomic E-state index is 12.2. The molecule has 1 aliphatic heterocycles. The number of hydrogen-bond acceptors (Lipinski definition) is 3. The minimum Gasteiger partial charge on any atom is -0.482 e. The monoisotopic (exact) mass is 265 g/mol. The molecule has 1 aromatic rings. The second-order valence-corrected chi connectivity index (χ2v) is 5.26. The van der Waals surface area contributed by atoms with E-state index < -0.39 is 0 Å². The number of fused-ring (bicyclic) bond motifs is 1. The predicted molar refractivity (Wildman–Crippen MR) is 67.2 cm³/mol. The SMILES string of the molecule is CC1CC1C(=O)c1cc2c(cc1Cl)NC(=O)CO2. The summed E-state index contributed by atoms with van der Waals surface area (Å²) in [6, 6.07) is 3.21. The van der Waals surface area contributed by atoms with Crippen LogP contribution in [-0.2, 0) is 4.79 Å². The Morgan fingerprint density at radius 2 is 2.22 bits per heavy atom. The molecule has 1 amide bonds. The number of benzene rings is 1. The van der Waals surface area contributed by atoms with E-state index in [1.165, 1.54) is 0 Å². The van der Waals surface area contributed by atoms with E-state index in [9.17, 15) is 9.59 Å². The van der Waals surface area contributed by atoms with Crippen molar-refractivity contribution in [2.24, 2.45) is 11.8 Å². The lowest BCUT2D eigenvalue weighted by Gasteiger charge is -2.19. The summed E-state index contributed by atoms with van der Waals surface area (Å²) in [7, 11) is 0. The quantitative estimate of drug-likeness (QED) is 0.836. The van der Waals surface area contributed by atoms with Crippen LogP contribution in [0.1, 0.15) is 23.7 Å². The first-order chi connectivity index (χ1) is 8.56. The van der Waals surface area contributed by atoms with Crippen molar-refractivity contribution in [1.29, 1.82) is 0 Å². The highest BCUT2D eigenvalue weighted by Gasteiger charge is 2.40. The molecule has 2 aliphatic rings. The summed E-state index contributed by atoms with van der Waals surface area (Å²) < 4.78 is 5.29. The van der Waals surface area contributed by atoms with Gasteiger partial charge in [-0.15, -0.1) is 0 Å². The van der Waals surface area contributed by atoms with Crippen molar-refractivity contribution in [2.45, 2.75) is 13.3 Å². The maximum atomic E-state index is 12.2. The number of hydrogen-bond donors (Lipinski definition) is 1. The van der Waals surface area contributed by atoms with Gasteiger partial charge in [-0.25, -0.2) is 0 Å². The summed E-state index contributed by atoms with van der Waals surface area (Å²) in [6.07, 6.45) is 0.920. The van der Waals surface area contributed by atoms with Gasteiger partial charge >= 0.3 is 0 Å². The average Bonchev–Trinajstić information content (AvgIpc) is 3.04. The van der Waals surface area contributed by atoms with Gasteiger partial charge in [0.2, 0.25) is 0 Å². The minimum absolute atomic E-state index is 0.0257. The van der Waals surface area contributed by atoms with Crippen molar-refractivity contribution < 1.29 is 14.3 Å². The fourth-order valence-electron chi connectivity index (χ4n) is 2.18. The van der Waals surface area contributed by atoms with E-state index in [1.807, 2.05) is 6.92 Å². The molecule has 1 aromatic carbocycles. The van der Waals surface area contributed by atoms with Crippen molar-refractivity contribution in [3.63, 3.8) is 0 Å². The van der Waals surface area contributed by atoms with Crippen molar-refractivity contribution in [1.82, 2.24) is 0 Å². The number of ether oxygens (including phenoxy) is 1. The highest BCUT2D eigenvalue weighted by molar-refractivity contribution is 6.34. The zero-order valence-electron chi connectivity index (χ0n) is 9.83. The Bertz CT molecular complexity index is 555.